The first kappa shape index (κ1) is 18.2. The largest absolute Gasteiger partial charge is 0.468 e. The van der Waals surface area contributed by atoms with Crippen LogP contribution in [0.15, 0.2) is 35.3 Å². The molecule has 0 aliphatic carbocycles. The molecular weight excluding hydrogens is 363 g/mol. The zero-order valence-corrected chi connectivity index (χ0v) is 14.9. The third-order valence-electron chi connectivity index (χ3n) is 4.29. The number of carbonyl (C=O) groups excluding carboxylic acids is 1. The molecule has 0 unspecified atom stereocenters. The van der Waals surface area contributed by atoms with E-state index in [1.807, 2.05) is 4.90 Å². The summed E-state index contributed by atoms with van der Waals surface area (Å²) in [6, 6.07) is 6.36. The standard InChI is InChI=1S/C17H18ClFN4O3/c1-26-15(24)11-23-17(25)16(18)14(10-20-23)22-8-6-21(7-9-22)13-4-2-12(19)3-5-13/h2-5,10H,6-9,11H2,1H3. The van der Waals surface area contributed by atoms with E-state index in [2.05, 4.69) is 14.7 Å². The maximum atomic E-state index is 13.0. The Morgan fingerprint density at radius 3 is 2.42 bits per heavy atom. The van der Waals surface area contributed by atoms with Crippen LogP contribution in [0.1, 0.15) is 0 Å². The van der Waals surface area contributed by atoms with Gasteiger partial charge in [0.15, 0.2) is 0 Å². The molecule has 7 nitrogen and oxygen atoms in total. The van der Waals surface area contributed by atoms with Gasteiger partial charge in [-0.05, 0) is 24.3 Å². The molecule has 0 radical (unpaired) electrons. The quantitative estimate of drug-likeness (QED) is 0.749. The zero-order valence-electron chi connectivity index (χ0n) is 14.2. The number of hydrogen-bond donors (Lipinski definition) is 0. The summed E-state index contributed by atoms with van der Waals surface area (Å²) in [6.45, 7) is 2.40. The molecular formula is C17H18ClFN4O3. The van der Waals surface area contributed by atoms with Crippen molar-refractivity contribution in [3.05, 3.63) is 51.7 Å². The van der Waals surface area contributed by atoms with E-state index in [0.717, 1.165) is 10.4 Å². The van der Waals surface area contributed by atoms with Crippen LogP contribution in [0, 0.1) is 5.82 Å². The highest BCUT2D eigenvalue weighted by Crippen LogP contribution is 2.24. The van der Waals surface area contributed by atoms with Crippen LogP contribution < -0.4 is 15.4 Å². The van der Waals surface area contributed by atoms with E-state index in [-0.39, 0.29) is 17.4 Å². The molecule has 1 aliphatic rings. The molecule has 0 atom stereocenters. The molecule has 2 aromatic rings. The second-order valence-corrected chi connectivity index (χ2v) is 6.21. The van der Waals surface area contributed by atoms with Crippen LogP contribution in [0.25, 0.3) is 0 Å². The first-order valence-corrected chi connectivity index (χ1v) is 8.45. The van der Waals surface area contributed by atoms with Gasteiger partial charge in [0.05, 0.1) is 19.0 Å². The summed E-state index contributed by atoms with van der Waals surface area (Å²) in [7, 11) is 1.24. The number of rotatable bonds is 4. The maximum Gasteiger partial charge on any atom is 0.327 e. The monoisotopic (exact) mass is 380 g/mol. The van der Waals surface area contributed by atoms with Gasteiger partial charge in [-0.2, -0.15) is 5.10 Å². The summed E-state index contributed by atoms with van der Waals surface area (Å²) in [5.74, 6) is -0.839. The Hall–Kier alpha value is -2.61. The molecule has 2 heterocycles. The Morgan fingerprint density at radius 2 is 1.81 bits per heavy atom. The van der Waals surface area contributed by atoms with Gasteiger partial charge < -0.3 is 14.5 Å². The average Bonchev–Trinajstić information content (AvgIpc) is 2.66. The number of halogens is 2. The molecule has 138 valence electrons. The van der Waals surface area contributed by atoms with Crippen molar-refractivity contribution < 1.29 is 13.9 Å². The molecule has 9 heteroatoms. The summed E-state index contributed by atoms with van der Waals surface area (Å²) in [5, 5.41) is 4.04. The van der Waals surface area contributed by atoms with E-state index < -0.39 is 11.5 Å². The highest BCUT2D eigenvalue weighted by atomic mass is 35.5. The SMILES string of the molecule is COC(=O)Cn1ncc(N2CCN(c3ccc(F)cc3)CC2)c(Cl)c1=O. The van der Waals surface area contributed by atoms with Crippen molar-refractivity contribution >= 4 is 28.9 Å². The lowest BCUT2D eigenvalue weighted by Crippen LogP contribution is -2.47. The molecule has 0 amide bonds. The number of piperazine rings is 1. The molecule has 0 saturated carbocycles. The second-order valence-electron chi connectivity index (χ2n) is 5.83. The van der Waals surface area contributed by atoms with Gasteiger partial charge in [0.2, 0.25) is 0 Å². The van der Waals surface area contributed by atoms with E-state index in [4.69, 9.17) is 11.6 Å². The molecule has 0 bridgehead atoms. The van der Waals surface area contributed by atoms with Crippen molar-refractivity contribution in [3.8, 4) is 0 Å². The molecule has 1 saturated heterocycles. The summed E-state index contributed by atoms with van der Waals surface area (Å²) >= 11 is 6.21. The highest BCUT2D eigenvalue weighted by Gasteiger charge is 2.22. The smallest absolute Gasteiger partial charge is 0.327 e. The average molecular weight is 381 g/mol. The van der Waals surface area contributed by atoms with Gasteiger partial charge in [-0.1, -0.05) is 11.6 Å². The first-order valence-electron chi connectivity index (χ1n) is 8.07. The molecule has 1 aromatic carbocycles. The summed E-state index contributed by atoms with van der Waals surface area (Å²) in [6.07, 6.45) is 1.49. The van der Waals surface area contributed by atoms with Crippen molar-refractivity contribution in [2.45, 2.75) is 6.54 Å². The number of ether oxygens (including phenoxy) is 1. The number of nitrogens with zero attached hydrogens (tertiary/aromatic N) is 4. The van der Waals surface area contributed by atoms with Crippen LogP contribution in [0.2, 0.25) is 5.02 Å². The molecule has 1 aromatic heterocycles. The van der Waals surface area contributed by atoms with Gasteiger partial charge in [0.1, 0.15) is 17.4 Å². The normalized spacial score (nSPS) is 14.4. The third kappa shape index (κ3) is 3.80. The van der Waals surface area contributed by atoms with Crippen molar-refractivity contribution in [2.75, 3.05) is 43.1 Å². The van der Waals surface area contributed by atoms with Gasteiger partial charge in [-0.15, -0.1) is 0 Å². The van der Waals surface area contributed by atoms with E-state index in [9.17, 15) is 14.0 Å². The topological polar surface area (TPSA) is 67.7 Å². The zero-order chi connectivity index (χ0) is 18.7. The van der Waals surface area contributed by atoms with Crippen molar-refractivity contribution in [2.24, 2.45) is 0 Å². The number of anilines is 2. The Morgan fingerprint density at radius 1 is 1.19 bits per heavy atom. The summed E-state index contributed by atoms with van der Waals surface area (Å²) in [5.41, 5.74) is 0.954. The number of aromatic nitrogens is 2. The van der Waals surface area contributed by atoms with Crippen LogP contribution in [0.5, 0.6) is 0 Å². The number of carbonyl (C=O) groups is 1. The Balaban J connectivity index is 1.71. The predicted molar refractivity (Wildman–Crippen MR) is 96.3 cm³/mol. The molecule has 3 rings (SSSR count). The van der Waals surface area contributed by atoms with E-state index >= 15 is 0 Å². The van der Waals surface area contributed by atoms with Crippen LogP contribution in [0.4, 0.5) is 15.8 Å². The predicted octanol–water partition coefficient (Wildman–Crippen LogP) is 1.54. The fourth-order valence-electron chi connectivity index (χ4n) is 2.83. The summed E-state index contributed by atoms with van der Waals surface area (Å²) < 4.78 is 18.6. The Bertz CT molecular complexity index is 848. The number of benzene rings is 1. The van der Waals surface area contributed by atoms with Crippen molar-refractivity contribution in [1.29, 1.82) is 0 Å². The minimum atomic E-state index is -0.573. The van der Waals surface area contributed by atoms with E-state index in [1.165, 1.54) is 25.4 Å². The van der Waals surface area contributed by atoms with Crippen LogP contribution >= 0.6 is 11.6 Å². The molecule has 1 aliphatic heterocycles. The number of hydrogen-bond acceptors (Lipinski definition) is 6. The lowest BCUT2D eigenvalue weighted by molar-refractivity contribution is -0.141. The Labute approximate surface area is 154 Å². The van der Waals surface area contributed by atoms with Gasteiger partial charge in [0, 0.05) is 31.9 Å². The van der Waals surface area contributed by atoms with Crippen molar-refractivity contribution in [3.63, 3.8) is 0 Å². The lowest BCUT2D eigenvalue weighted by atomic mass is 10.2. The molecule has 0 spiro atoms. The first-order chi connectivity index (χ1) is 12.5. The van der Waals surface area contributed by atoms with E-state index in [1.54, 1.807) is 12.1 Å². The fourth-order valence-corrected chi connectivity index (χ4v) is 3.10. The van der Waals surface area contributed by atoms with Crippen molar-refractivity contribution in [1.82, 2.24) is 9.78 Å². The summed E-state index contributed by atoms with van der Waals surface area (Å²) in [4.78, 5) is 27.7. The van der Waals surface area contributed by atoms with Gasteiger partial charge >= 0.3 is 5.97 Å². The molecule has 0 N–H and O–H groups in total. The van der Waals surface area contributed by atoms with Crippen LogP contribution in [-0.4, -0.2) is 49.0 Å². The van der Waals surface area contributed by atoms with Gasteiger partial charge in [0.25, 0.3) is 5.56 Å². The Kier molecular flexibility index (Phi) is 5.41. The second kappa shape index (κ2) is 7.74. The molecule has 1 fully saturated rings. The maximum absolute atomic E-state index is 13.0. The van der Waals surface area contributed by atoms with Crippen LogP contribution in [-0.2, 0) is 16.1 Å². The highest BCUT2D eigenvalue weighted by molar-refractivity contribution is 6.33. The fraction of sp³-hybridized carbons (Fsp3) is 0.353. The van der Waals surface area contributed by atoms with Gasteiger partial charge in [-0.3, -0.25) is 9.59 Å². The molecule has 26 heavy (non-hydrogen) atoms. The lowest BCUT2D eigenvalue weighted by Gasteiger charge is -2.37. The number of esters is 1. The number of methoxy groups -OCH3 is 1. The minimum absolute atomic E-state index is 0.0270. The minimum Gasteiger partial charge on any atom is -0.468 e. The third-order valence-corrected chi connectivity index (χ3v) is 4.64. The van der Waals surface area contributed by atoms with Gasteiger partial charge in [-0.25, -0.2) is 9.07 Å². The van der Waals surface area contributed by atoms with E-state index in [0.29, 0.717) is 31.9 Å². The van der Waals surface area contributed by atoms with Crippen LogP contribution in [0.3, 0.4) is 0 Å².